The first kappa shape index (κ1) is 16.1. The Morgan fingerprint density at radius 3 is 2.86 bits per heavy atom. The summed E-state index contributed by atoms with van der Waals surface area (Å²) in [5, 5.41) is 12.3. The molecule has 1 aromatic rings. The van der Waals surface area contributed by atoms with E-state index in [2.05, 4.69) is 16.4 Å². The molecule has 0 bridgehead atoms. The Morgan fingerprint density at radius 1 is 1.50 bits per heavy atom. The monoisotopic (exact) mass is 302 g/mol. The standard InChI is InChI=1S/C16H22N4O2/c1-11-5-6-14(19-13(11)9-17)18-12-7-8-20(10-12)15(21)22-16(2,3)4/h5-6,12H,7-8,10H2,1-4H3,(H,18,19). The van der Waals surface area contributed by atoms with E-state index in [0.717, 1.165) is 12.0 Å². The lowest BCUT2D eigenvalue weighted by Gasteiger charge is -2.24. The van der Waals surface area contributed by atoms with Crippen molar-refractivity contribution < 1.29 is 9.53 Å². The van der Waals surface area contributed by atoms with Crippen LogP contribution in [0.1, 0.15) is 38.4 Å². The first-order valence-corrected chi connectivity index (χ1v) is 7.41. The SMILES string of the molecule is Cc1ccc(NC2CCN(C(=O)OC(C)(C)C)C2)nc1C#N. The molecule has 0 aliphatic carbocycles. The number of carbonyl (C=O) groups excluding carboxylic acids is 1. The second-order valence-corrected chi connectivity index (χ2v) is 6.53. The molecule has 1 fully saturated rings. The van der Waals surface area contributed by atoms with E-state index >= 15 is 0 Å². The zero-order chi connectivity index (χ0) is 16.3. The number of hydrogen-bond donors (Lipinski definition) is 1. The molecule has 22 heavy (non-hydrogen) atoms. The Morgan fingerprint density at radius 2 is 2.23 bits per heavy atom. The van der Waals surface area contributed by atoms with E-state index in [9.17, 15) is 4.79 Å². The number of anilines is 1. The van der Waals surface area contributed by atoms with Gasteiger partial charge in [0.15, 0.2) is 0 Å². The van der Waals surface area contributed by atoms with Crippen LogP contribution in [0.3, 0.4) is 0 Å². The molecule has 1 amide bonds. The fourth-order valence-electron chi connectivity index (χ4n) is 2.30. The highest BCUT2D eigenvalue weighted by molar-refractivity contribution is 5.68. The Kier molecular flexibility index (Phi) is 4.55. The molecule has 1 atom stereocenters. The number of aromatic nitrogens is 1. The van der Waals surface area contributed by atoms with E-state index in [4.69, 9.17) is 10.00 Å². The van der Waals surface area contributed by atoms with Gasteiger partial charge >= 0.3 is 6.09 Å². The van der Waals surface area contributed by atoms with Crippen LogP contribution in [-0.2, 0) is 4.74 Å². The van der Waals surface area contributed by atoms with Gasteiger partial charge in [-0.05, 0) is 45.7 Å². The van der Waals surface area contributed by atoms with Gasteiger partial charge in [-0.1, -0.05) is 6.07 Å². The maximum absolute atomic E-state index is 12.0. The number of aryl methyl sites for hydroxylation is 1. The summed E-state index contributed by atoms with van der Waals surface area (Å²) >= 11 is 0. The van der Waals surface area contributed by atoms with Gasteiger partial charge in [0.2, 0.25) is 0 Å². The summed E-state index contributed by atoms with van der Waals surface area (Å²) in [5.74, 6) is 0.665. The van der Waals surface area contributed by atoms with Crippen LogP contribution in [-0.4, -0.2) is 40.7 Å². The predicted molar refractivity (Wildman–Crippen MR) is 83.5 cm³/mol. The molecule has 1 unspecified atom stereocenters. The third kappa shape index (κ3) is 4.10. The number of rotatable bonds is 2. The van der Waals surface area contributed by atoms with Gasteiger partial charge in [-0.3, -0.25) is 0 Å². The van der Waals surface area contributed by atoms with Crippen molar-refractivity contribution in [1.82, 2.24) is 9.88 Å². The minimum atomic E-state index is -0.483. The summed E-state index contributed by atoms with van der Waals surface area (Å²) in [4.78, 5) is 18.0. The Balaban J connectivity index is 1.94. The fourth-order valence-corrected chi connectivity index (χ4v) is 2.30. The summed E-state index contributed by atoms with van der Waals surface area (Å²) in [6, 6.07) is 5.92. The lowest BCUT2D eigenvalue weighted by molar-refractivity contribution is 0.0293. The van der Waals surface area contributed by atoms with Crippen molar-refractivity contribution in [2.45, 2.75) is 45.8 Å². The number of amides is 1. The maximum atomic E-state index is 12.0. The normalized spacial score (nSPS) is 18.0. The lowest BCUT2D eigenvalue weighted by Crippen LogP contribution is -2.36. The van der Waals surface area contributed by atoms with Crippen LogP contribution in [0.2, 0.25) is 0 Å². The Labute approximate surface area is 131 Å². The minimum Gasteiger partial charge on any atom is -0.444 e. The van der Waals surface area contributed by atoms with Crippen LogP contribution >= 0.6 is 0 Å². The number of likely N-dealkylation sites (tertiary alicyclic amines) is 1. The van der Waals surface area contributed by atoms with Crippen molar-refractivity contribution in [3.8, 4) is 6.07 Å². The number of hydrogen-bond acceptors (Lipinski definition) is 5. The summed E-state index contributed by atoms with van der Waals surface area (Å²) in [6.07, 6.45) is 0.544. The van der Waals surface area contributed by atoms with Crippen molar-refractivity contribution >= 4 is 11.9 Å². The van der Waals surface area contributed by atoms with Gasteiger partial charge in [-0.2, -0.15) is 5.26 Å². The molecule has 6 heteroatoms. The highest BCUT2D eigenvalue weighted by Gasteiger charge is 2.29. The topological polar surface area (TPSA) is 78.2 Å². The van der Waals surface area contributed by atoms with Crippen LogP contribution in [0.5, 0.6) is 0 Å². The second kappa shape index (κ2) is 6.22. The average molecular weight is 302 g/mol. The summed E-state index contributed by atoms with van der Waals surface area (Å²) in [7, 11) is 0. The van der Waals surface area contributed by atoms with Gasteiger partial charge in [0.1, 0.15) is 23.2 Å². The molecule has 1 aliphatic heterocycles. The van der Waals surface area contributed by atoms with Crippen molar-refractivity contribution in [1.29, 1.82) is 5.26 Å². The summed E-state index contributed by atoms with van der Waals surface area (Å²) in [6.45, 7) is 8.66. The van der Waals surface area contributed by atoms with Crippen LogP contribution in [0.25, 0.3) is 0 Å². The number of nitrogens with zero attached hydrogens (tertiary/aromatic N) is 3. The molecule has 2 heterocycles. The van der Waals surface area contributed by atoms with E-state index in [1.54, 1.807) is 4.90 Å². The van der Waals surface area contributed by atoms with Crippen LogP contribution in [0, 0.1) is 18.3 Å². The highest BCUT2D eigenvalue weighted by atomic mass is 16.6. The Hall–Kier alpha value is -2.29. The highest BCUT2D eigenvalue weighted by Crippen LogP contribution is 2.18. The van der Waals surface area contributed by atoms with Gasteiger partial charge in [-0.15, -0.1) is 0 Å². The lowest BCUT2D eigenvalue weighted by atomic mass is 10.2. The smallest absolute Gasteiger partial charge is 0.410 e. The minimum absolute atomic E-state index is 0.120. The second-order valence-electron chi connectivity index (χ2n) is 6.53. The molecule has 1 aromatic heterocycles. The third-order valence-corrected chi connectivity index (χ3v) is 3.39. The Bertz CT molecular complexity index is 601. The average Bonchev–Trinajstić information content (AvgIpc) is 2.87. The van der Waals surface area contributed by atoms with E-state index in [-0.39, 0.29) is 12.1 Å². The van der Waals surface area contributed by atoms with E-state index < -0.39 is 5.60 Å². The third-order valence-electron chi connectivity index (χ3n) is 3.39. The molecule has 2 rings (SSSR count). The summed E-state index contributed by atoms with van der Waals surface area (Å²) < 4.78 is 5.37. The zero-order valence-electron chi connectivity index (χ0n) is 13.5. The molecule has 0 saturated carbocycles. The number of nitrogens with one attached hydrogen (secondary N) is 1. The van der Waals surface area contributed by atoms with Crippen molar-refractivity contribution in [3.63, 3.8) is 0 Å². The molecule has 0 spiro atoms. The molecule has 6 nitrogen and oxygen atoms in total. The maximum Gasteiger partial charge on any atom is 0.410 e. The first-order valence-electron chi connectivity index (χ1n) is 7.41. The summed E-state index contributed by atoms with van der Waals surface area (Å²) in [5.41, 5.74) is 0.796. The first-order chi connectivity index (χ1) is 10.3. The molecular weight excluding hydrogens is 280 g/mol. The fraction of sp³-hybridized carbons (Fsp3) is 0.562. The molecule has 118 valence electrons. The van der Waals surface area contributed by atoms with Gasteiger partial charge in [0.05, 0.1) is 0 Å². The number of carbonyl (C=O) groups is 1. The van der Waals surface area contributed by atoms with Crippen molar-refractivity contribution in [2.24, 2.45) is 0 Å². The van der Waals surface area contributed by atoms with Crippen LogP contribution in [0.4, 0.5) is 10.6 Å². The zero-order valence-corrected chi connectivity index (χ0v) is 13.5. The molecular formula is C16H22N4O2. The van der Waals surface area contributed by atoms with Gasteiger partial charge in [0, 0.05) is 19.1 Å². The largest absolute Gasteiger partial charge is 0.444 e. The van der Waals surface area contributed by atoms with Gasteiger partial charge in [0.25, 0.3) is 0 Å². The van der Waals surface area contributed by atoms with Crippen LogP contribution < -0.4 is 5.32 Å². The van der Waals surface area contributed by atoms with E-state index in [1.165, 1.54) is 0 Å². The molecule has 1 N–H and O–H groups in total. The van der Waals surface area contributed by atoms with Gasteiger partial charge in [-0.25, -0.2) is 9.78 Å². The van der Waals surface area contributed by atoms with Crippen molar-refractivity contribution in [2.75, 3.05) is 18.4 Å². The molecule has 1 aliphatic rings. The van der Waals surface area contributed by atoms with Crippen molar-refractivity contribution in [3.05, 3.63) is 23.4 Å². The number of pyridine rings is 1. The number of ether oxygens (including phenoxy) is 1. The predicted octanol–water partition coefficient (Wildman–Crippen LogP) is 2.68. The van der Waals surface area contributed by atoms with Crippen LogP contribution in [0.15, 0.2) is 12.1 Å². The molecule has 1 saturated heterocycles. The van der Waals surface area contributed by atoms with E-state index in [0.29, 0.717) is 24.6 Å². The number of nitriles is 1. The molecule has 0 radical (unpaired) electrons. The van der Waals surface area contributed by atoms with Gasteiger partial charge < -0.3 is 15.0 Å². The van der Waals surface area contributed by atoms with E-state index in [1.807, 2.05) is 39.8 Å². The molecule has 0 aromatic carbocycles. The quantitative estimate of drug-likeness (QED) is 0.908.